The van der Waals surface area contributed by atoms with Gasteiger partial charge in [-0.2, -0.15) is 0 Å². The van der Waals surface area contributed by atoms with Gasteiger partial charge in [0.1, 0.15) is 17.8 Å². The molecular formula is C11H9N3O2. The van der Waals surface area contributed by atoms with Gasteiger partial charge in [-0.1, -0.05) is 18.2 Å². The van der Waals surface area contributed by atoms with Crippen LogP contribution in [-0.4, -0.2) is 15.9 Å². The third kappa shape index (κ3) is 2.33. The summed E-state index contributed by atoms with van der Waals surface area (Å²) in [5.41, 5.74) is 5.22. The van der Waals surface area contributed by atoms with E-state index in [-0.39, 0.29) is 11.6 Å². The van der Waals surface area contributed by atoms with E-state index in [0.29, 0.717) is 5.75 Å². The maximum atomic E-state index is 10.9. The highest BCUT2D eigenvalue weighted by molar-refractivity contribution is 5.90. The first-order valence-electron chi connectivity index (χ1n) is 4.60. The molecule has 1 aromatic heterocycles. The Balaban J connectivity index is 2.22. The van der Waals surface area contributed by atoms with Gasteiger partial charge in [0.05, 0.1) is 0 Å². The lowest BCUT2D eigenvalue weighted by atomic mass is 10.3. The van der Waals surface area contributed by atoms with Gasteiger partial charge in [0, 0.05) is 6.07 Å². The minimum absolute atomic E-state index is 0.126. The molecule has 0 radical (unpaired) electrons. The molecule has 0 bridgehead atoms. The molecule has 0 fully saturated rings. The first-order valence-corrected chi connectivity index (χ1v) is 4.60. The van der Waals surface area contributed by atoms with Gasteiger partial charge in [-0.15, -0.1) is 0 Å². The molecule has 0 unspecified atom stereocenters. The predicted molar refractivity (Wildman–Crippen MR) is 57.1 cm³/mol. The number of para-hydroxylation sites is 1. The van der Waals surface area contributed by atoms with Crippen LogP contribution in [-0.2, 0) is 0 Å². The van der Waals surface area contributed by atoms with Gasteiger partial charge < -0.3 is 10.5 Å². The minimum Gasteiger partial charge on any atom is -0.439 e. The van der Waals surface area contributed by atoms with Crippen molar-refractivity contribution in [2.45, 2.75) is 0 Å². The van der Waals surface area contributed by atoms with Crippen LogP contribution in [0.25, 0.3) is 0 Å². The second kappa shape index (κ2) is 4.39. The fourth-order valence-electron chi connectivity index (χ4n) is 1.14. The number of ether oxygens (including phenoxy) is 1. The summed E-state index contributed by atoms with van der Waals surface area (Å²) < 4.78 is 5.41. The van der Waals surface area contributed by atoms with E-state index < -0.39 is 5.91 Å². The number of primary amides is 1. The molecule has 2 N–H and O–H groups in total. The van der Waals surface area contributed by atoms with Crippen molar-refractivity contribution in [2.75, 3.05) is 0 Å². The van der Waals surface area contributed by atoms with Gasteiger partial charge >= 0.3 is 0 Å². The van der Waals surface area contributed by atoms with Crippen LogP contribution in [0.4, 0.5) is 0 Å². The summed E-state index contributed by atoms with van der Waals surface area (Å²) in [4.78, 5) is 18.5. The Kier molecular flexibility index (Phi) is 2.77. The molecule has 0 saturated heterocycles. The number of nitrogens with two attached hydrogens (primary N) is 1. The summed E-state index contributed by atoms with van der Waals surface area (Å²) in [5.74, 6) is 0.312. The lowest BCUT2D eigenvalue weighted by molar-refractivity contribution is 0.0995. The van der Waals surface area contributed by atoms with Crippen molar-refractivity contribution in [1.82, 2.24) is 9.97 Å². The van der Waals surface area contributed by atoms with Crippen molar-refractivity contribution in [2.24, 2.45) is 5.73 Å². The summed E-state index contributed by atoms with van der Waals surface area (Å²) >= 11 is 0. The van der Waals surface area contributed by atoms with Crippen molar-refractivity contribution >= 4 is 5.91 Å². The molecule has 1 amide bonds. The predicted octanol–water partition coefficient (Wildman–Crippen LogP) is 1.37. The highest BCUT2D eigenvalue weighted by Gasteiger charge is 2.05. The average Bonchev–Trinajstić information content (AvgIpc) is 2.30. The molecular weight excluding hydrogens is 206 g/mol. The van der Waals surface area contributed by atoms with E-state index in [9.17, 15) is 4.79 Å². The van der Waals surface area contributed by atoms with Crippen LogP contribution in [0.1, 0.15) is 10.5 Å². The van der Waals surface area contributed by atoms with Crippen LogP contribution in [0.5, 0.6) is 11.6 Å². The number of benzene rings is 1. The van der Waals surface area contributed by atoms with Crippen LogP contribution in [0.15, 0.2) is 42.7 Å². The van der Waals surface area contributed by atoms with E-state index in [1.54, 1.807) is 12.1 Å². The van der Waals surface area contributed by atoms with Gasteiger partial charge in [0.2, 0.25) is 5.88 Å². The Bertz CT molecular complexity index is 500. The number of amides is 1. The maximum absolute atomic E-state index is 10.9. The van der Waals surface area contributed by atoms with Crippen LogP contribution >= 0.6 is 0 Å². The fourth-order valence-corrected chi connectivity index (χ4v) is 1.14. The number of carbonyl (C=O) groups excluding carboxylic acids is 1. The first-order chi connectivity index (χ1) is 7.75. The number of hydrogen-bond donors (Lipinski definition) is 1. The Morgan fingerprint density at radius 1 is 1.19 bits per heavy atom. The third-order valence-corrected chi connectivity index (χ3v) is 1.86. The van der Waals surface area contributed by atoms with E-state index >= 15 is 0 Å². The largest absolute Gasteiger partial charge is 0.439 e. The molecule has 0 aliphatic heterocycles. The van der Waals surface area contributed by atoms with Crippen molar-refractivity contribution < 1.29 is 9.53 Å². The Morgan fingerprint density at radius 2 is 1.94 bits per heavy atom. The summed E-state index contributed by atoms with van der Waals surface area (Å²) in [6.45, 7) is 0. The van der Waals surface area contributed by atoms with E-state index in [1.165, 1.54) is 12.4 Å². The Labute approximate surface area is 91.9 Å². The minimum atomic E-state index is -0.611. The molecule has 5 heteroatoms. The zero-order valence-electron chi connectivity index (χ0n) is 8.33. The van der Waals surface area contributed by atoms with Gasteiger partial charge in [0.25, 0.3) is 5.91 Å². The number of carbonyl (C=O) groups is 1. The molecule has 1 heterocycles. The summed E-state index contributed by atoms with van der Waals surface area (Å²) in [5, 5.41) is 0. The van der Waals surface area contributed by atoms with Gasteiger partial charge in [-0.3, -0.25) is 4.79 Å². The second-order valence-electron chi connectivity index (χ2n) is 3.02. The first kappa shape index (κ1) is 10.1. The molecule has 1 aromatic carbocycles. The fraction of sp³-hybridized carbons (Fsp3) is 0. The number of aromatic nitrogens is 2. The molecule has 0 atom stereocenters. The normalized spacial score (nSPS) is 9.75. The Hall–Kier alpha value is -2.43. The summed E-state index contributed by atoms with van der Waals surface area (Å²) in [6.07, 6.45) is 1.23. The topological polar surface area (TPSA) is 78.1 Å². The van der Waals surface area contributed by atoms with Crippen molar-refractivity contribution in [3.8, 4) is 11.6 Å². The quantitative estimate of drug-likeness (QED) is 0.838. The standard InChI is InChI=1S/C11H9N3O2/c12-11(15)9-6-10(14-7-13-9)16-8-4-2-1-3-5-8/h1-7H,(H2,12,15). The lowest BCUT2D eigenvalue weighted by Gasteiger charge is -2.04. The van der Waals surface area contributed by atoms with Gasteiger partial charge in [-0.25, -0.2) is 9.97 Å². The lowest BCUT2D eigenvalue weighted by Crippen LogP contribution is -2.13. The maximum Gasteiger partial charge on any atom is 0.267 e. The summed E-state index contributed by atoms with van der Waals surface area (Å²) in [6, 6.07) is 10.5. The van der Waals surface area contributed by atoms with Crippen LogP contribution < -0.4 is 10.5 Å². The average molecular weight is 215 g/mol. The van der Waals surface area contributed by atoms with E-state index in [0.717, 1.165) is 0 Å². The molecule has 0 aliphatic carbocycles. The van der Waals surface area contributed by atoms with Crippen molar-refractivity contribution in [1.29, 1.82) is 0 Å². The molecule has 80 valence electrons. The van der Waals surface area contributed by atoms with Gasteiger partial charge in [-0.05, 0) is 12.1 Å². The molecule has 0 saturated carbocycles. The molecule has 16 heavy (non-hydrogen) atoms. The zero-order valence-corrected chi connectivity index (χ0v) is 8.33. The molecule has 0 aliphatic rings. The third-order valence-electron chi connectivity index (χ3n) is 1.86. The summed E-state index contributed by atoms with van der Waals surface area (Å²) in [7, 11) is 0. The SMILES string of the molecule is NC(=O)c1cc(Oc2ccccc2)ncn1. The highest BCUT2D eigenvalue weighted by Crippen LogP contribution is 2.18. The highest BCUT2D eigenvalue weighted by atomic mass is 16.5. The molecule has 5 nitrogen and oxygen atoms in total. The Morgan fingerprint density at radius 3 is 2.62 bits per heavy atom. The number of nitrogens with zero attached hydrogens (tertiary/aromatic N) is 2. The molecule has 0 spiro atoms. The van der Waals surface area contributed by atoms with Crippen molar-refractivity contribution in [3.63, 3.8) is 0 Å². The molecule has 2 aromatic rings. The van der Waals surface area contributed by atoms with Crippen molar-refractivity contribution in [3.05, 3.63) is 48.4 Å². The number of rotatable bonds is 3. The van der Waals surface area contributed by atoms with Gasteiger partial charge in [0.15, 0.2) is 0 Å². The van der Waals surface area contributed by atoms with Crippen LogP contribution in [0.3, 0.4) is 0 Å². The van der Waals surface area contributed by atoms with E-state index in [4.69, 9.17) is 10.5 Å². The number of hydrogen-bond acceptors (Lipinski definition) is 4. The van der Waals surface area contributed by atoms with Crippen LogP contribution in [0.2, 0.25) is 0 Å². The molecule has 2 rings (SSSR count). The smallest absolute Gasteiger partial charge is 0.267 e. The van der Waals surface area contributed by atoms with E-state index in [1.807, 2.05) is 18.2 Å². The van der Waals surface area contributed by atoms with E-state index in [2.05, 4.69) is 9.97 Å². The van der Waals surface area contributed by atoms with Crippen LogP contribution in [0, 0.1) is 0 Å². The second-order valence-corrected chi connectivity index (χ2v) is 3.02. The zero-order chi connectivity index (χ0) is 11.4. The monoisotopic (exact) mass is 215 g/mol.